The van der Waals surface area contributed by atoms with E-state index in [1.165, 1.54) is 5.56 Å². The van der Waals surface area contributed by atoms with E-state index in [1.54, 1.807) is 0 Å². The summed E-state index contributed by atoms with van der Waals surface area (Å²) >= 11 is 0. The number of furan rings is 1. The van der Waals surface area contributed by atoms with Crippen LogP contribution in [0.1, 0.15) is 0 Å². The average Bonchev–Trinajstić information content (AvgIpc) is 3.63. The van der Waals surface area contributed by atoms with Crippen LogP contribution in [0.4, 0.5) is 17.1 Å². The first-order valence-electron chi connectivity index (χ1n) is 18.0. The fourth-order valence-electron chi connectivity index (χ4n) is 7.34. The minimum atomic E-state index is 0.568. The van der Waals surface area contributed by atoms with Crippen LogP contribution in [0.2, 0.25) is 0 Å². The van der Waals surface area contributed by atoms with Gasteiger partial charge in [-0.3, -0.25) is 0 Å². The highest BCUT2D eigenvalue weighted by Gasteiger charge is 2.23. The molecule has 0 aliphatic heterocycles. The second-order valence-corrected chi connectivity index (χ2v) is 13.2. The summed E-state index contributed by atoms with van der Waals surface area (Å²) in [5.41, 5.74) is 9.54. The number of fused-ring (bicyclic) bond motifs is 4. The predicted octanol–water partition coefficient (Wildman–Crippen LogP) is 13.1. The quantitative estimate of drug-likeness (QED) is 0.166. The predicted molar refractivity (Wildman–Crippen MR) is 221 cm³/mol. The van der Waals surface area contributed by atoms with Crippen molar-refractivity contribution >= 4 is 49.8 Å². The molecule has 0 radical (unpaired) electrons. The molecule has 0 saturated heterocycles. The van der Waals surface area contributed by atoms with Crippen LogP contribution in [0.15, 0.2) is 199 Å². The van der Waals surface area contributed by atoms with Gasteiger partial charge in [0.15, 0.2) is 17.5 Å². The van der Waals surface area contributed by atoms with E-state index in [1.807, 2.05) is 84.9 Å². The maximum absolute atomic E-state index is 6.67. The zero-order valence-corrected chi connectivity index (χ0v) is 29.2. The SMILES string of the molecule is c1ccc(-c2ccc(N(c3cc(-c4nc(-c5ccccc5)nc(-c5ccccc5)n4)c4c(c3)oc3ccccc34)c3cccc4ccccc34)cc2)cc1. The highest BCUT2D eigenvalue weighted by Crippen LogP contribution is 2.45. The van der Waals surface area contributed by atoms with Gasteiger partial charge in [0, 0.05) is 44.6 Å². The number of benzene rings is 8. The van der Waals surface area contributed by atoms with Crippen molar-refractivity contribution in [3.8, 4) is 45.3 Å². The molecule has 5 heteroatoms. The fraction of sp³-hybridized carbons (Fsp3) is 0. The van der Waals surface area contributed by atoms with Crippen LogP contribution in [-0.4, -0.2) is 15.0 Å². The summed E-state index contributed by atoms with van der Waals surface area (Å²) in [6.45, 7) is 0. The third kappa shape index (κ3) is 5.65. The molecule has 0 spiro atoms. The molecule has 2 heterocycles. The second kappa shape index (κ2) is 13.3. The Balaban J connectivity index is 1.25. The molecular formula is C49H32N4O. The van der Waals surface area contributed by atoms with E-state index < -0.39 is 0 Å². The molecule has 0 saturated carbocycles. The van der Waals surface area contributed by atoms with E-state index in [0.29, 0.717) is 17.5 Å². The normalized spacial score (nSPS) is 11.3. The summed E-state index contributed by atoms with van der Waals surface area (Å²) in [4.78, 5) is 17.7. The van der Waals surface area contributed by atoms with Crippen molar-refractivity contribution in [1.29, 1.82) is 0 Å². The zero-order valence-electron chi connectivity index (χ0n) is 29.2. The van der Waals surface area contributed by atoms with E-state index in [2.05, 4.69) is 114 Å². The summed E-state index contributed by atoms with van der Waals surface area (Å²) in [5.74, 6) is 1.78. The largest absolute Gasteiger partial charge is 0.456 e. The van der Waals surface area contributed by atoms with Crippen LogP contribution in [0, 0.1) is 0 Å². The van der Waals surface area contributed by atoms with E-state index in [4.69, 9.17) is 19.4 Å². The Morgan fingerprint density at radius 3 is 1.59 bits per heavy atom. The van der Waals surface area contributed by atoms with Crippen molar-refractivity contribution in [2.45, 2.75) is 0 Å². The van der Waals surface area contributed by atoms with Gasteiger partial charge in [-0.1, -0.05) is 158 Å². The Hall–Kier alpha value is -7.37. The molecule has 0 unspecified atom stereocenters. The van der Waals surface area contributed by atoms with Gasteiger partial charge in [-0.15, -0.1) is 0 Å². The molecule has 5 nitrogen and oxygen atoms in total. The lowest BCUT2D eigenvalue weighted by atomic mass is 10.0. The van der Waals surface area contributed by atoms with Crippen LogP contribution < -0.4 is 4.90 Å². The van der Waals surface area contributed by atoms with Crippen molar-refractivity contribution in [3.63, 3.8) is 0 Å². The van der Waals surface area contributed by atoms with Gasteiger partial charge in [0.2, 0.25) is 0 Å². The highest BCUT2D eigenvalue weighted by molar-refractivity contribution is 6.13. The lowest BCUT2D eigenvalue weighted by Gasteiger charge is -2.27. The minimum Gasteiger partial charge on any atom is -0.456 e. The molecule has 0 atom stereocenters. The Labute approximate surface area is 312 Å². The van der Waals surface area contributed by atoms with Crippen LogP contribution in [0.3, 0.4) is 0 Å². The molecule has 10 aromatic rings. The van der Waals surface area contributed by atoms with Gasteiger partial charge in [-0.25, -0.2) is 15.0 Å². The van der Waals surface area contributed by atoms with Gasteiger partial charge in [-0.2, -0.15) is 0 Å². The highest BCUT2D eigenvalue weighted by atomic mass is 16.3. The number of anilines is 3. The van der Waals surface area contributed by atoms with Crippen molar-refractivity contribution in [2.75, 3.05) is 4.90 Å². The van der Waals surface area contributed by atoms with Crippen LogP contribution in [-0.2, 0) is 0 Å². The molecule has 8 aromatic carbocycles. The van der Waals surface area contributed by atoms with Crippen molar-refractivity contribution < 1.29 is 4.42 Å². The van der Waals surface area contributed by atoms with Crippen molar-refractivity contribution in [2.24, 2.45) is 0 Å². The van der Waals surface area contributed by atoms with E-state index in [0.717, 1.165) is 72.0 Å². The fourth-order valence-corrected chi connectivity index (χ4v) is 7.34. The third-order valence-corrected chi connectivity index (χ3v) is 9.90. The van der Waals surface area contributed by atoms with Gasteiger partial charge in [0.25, 0.3) is 0 Å². The molecule has 0 aliphatic rings. The smallest absolute Gasteiger partial charge is 0.164 e. The monoisotopic (exact) mass is 692 g/mol. The lowest BCUT2D eigenvalue weighted by Crippen LogP contribution is -2.11. The van der Waals surface area contributed by atoms with E-state index in [-0.39, 0.29) is 0 Å². The molecule has 54 heavy (non-hydrogen) atoms. The topological polar surface area (TPSA) is 55.1 Å². The third-order valence-electron chi connectivity index (χ3n) is 9.90. The summed E-state index contributed by atoms with van der Waals surface area (Å²) in [5, 5.41) is 4.25. The van der Waals surface area contributed by atoms with E-state index in [9.17, 15) is 0 Å². The molecule has 0 N–H and O–H groups in total. The van der Waals surface area contributed by atoms with Crippen molar-refractivity contribution in [1.82, 2.24) is 15.0 Å². The molecule has 2 aromatic heterocycles. The summed E-state index contributed by atoms with van der Waals surface area (Å²) in [7, 11) is 0. The Morgan fingerprint density at radius 1 is 0.370 bits per heavy atom. The van der Waals surface area contributed by atoms with Crippen LogP contribution in [0.25, 0.3) is 78.0 Å². The van der Waals surface area contributed by atoms with Gasteiger partial charge in [0.05, 0.1) is 11.4 Å². The lowest BCUT2D eigenvalue weighted by molar-refractivity contribution is 0.669. The second-order valence-electron chi connectivity index (χ2n) is 13.2. The molecular weight excluding hydrogens is 661 g/mol. The maximum Gasteiger partial charge on any atom is 0.164 e. The standard InChI is InChI=1S/C49H32N4O/c1-4-15-33(16-5-1)34-27-29-38(30-28-34)53(43-25-14-22-35-17-10-11-23-40(35)43)39-31-42(46-41-24-12-13-26-44(41)54-45(46)32-39)49-51-47(36-18-6-2-7-19-36)50-48(52-49)37-20-8-3-9-21-37/h1-32H. The molecule has 10 rings (SSSR count). The van der Waals surface area contributed by atoms with E-state index >= 15 is 0 Å². The number of hydrogen-bond donors (Lipinski definition) is 0. The van der Waals surface area contributed by atoms with Crippen LogP contribution in [0.5, 0.6) is 0 Å². The number of nitrogens with zero attached hydrogens (tertiary/aromatic N) is 4. The number of hydrogen-bond acceptors (Lipinski definition) is 5. The van der Waals surface area contributed by atoms with Gasteiger partial charge in [-0.05, 0) is 46.8 Å². The van der Waals surface area contributed by atoms with Crippen molar-refractivity contribution in [3.05, 3.63) is 194 Å². The summed E-state index contributed by atoms with van der Waals surface area (Å²) < 4.78 is 6.67. The first kappa shape index (κ1) is 31.4. The minimum absolute atomic E-state index is 0.568. The molecule has 0 bridgehead atoms. The Morgan fingerprint density at radius 2 is 0.907 bits per heavy atom. The number of para-hydroxylation sites is 1. The summed E-state index contributed by atoms with van der Waals surface area (Å²) in [6.07, 6.45) is 0. The first-order valence-corrected chi connectivity index (χ1v) is 18.0. The Kier molecular flexibility index (Phi) is 7.73. The average molecular weight is 693 g/mol. The molecule has 0 aliphatic carbocycles. The molecule has 254 valence electrons. The van der Waals surface area contributed by atoms with Gasteiger partial charge >= 0.3 is 0 Å². The Bertz CT molecular complexity index is 2860. The van der Waals surface area contributed by atoms with Crippen LogP contribution >= 0.6 is 0 Å². The molecule has 0 fully saturated rings. The van der Waals surface area contributed by atoms with Gasteiger partial charge < -0.3 is 9.32 Å². The summed E-state index contributed by atoms with van der Waals surface area (Å²) in [6, 6.07) is 66.9. The number of rotatable bonds is 7. The zero-order chi connectivity index (χ0) is 35.8. The first-order chi connectivity index (χ1) is 26.8. The van der Waals surface area contributed by atoms with Gasteiger partial charge in [0.1, 0.15) is 11.2 Å². The maximum atomic E-state index is 6.67. The number of aromatic nitrogens is 3. The molecule has 0 amide bonds.